The highest BCUT2D eigenvalue weighted by Gasteiger charge is 2.22. The highest BCUT2D eigenvalue weighted by molar-refractivity contribution is 6.15. The number of aliphatic imine (C=N–C) groups is 2. The molecule has 0 bridgehead atoms. The molecule has 0 spiro atoms. The van der Waals surface area contributed by atoms with Gasteiger partial charge in [-0.15, -0.1) is 0 Å². The van der Waals surface area contributed by atoms with Crippen LogP contribution < -0.4 is 5.32 Å². The van der Waals surface area contributed by atoms with Gasteiger partial charge < -0.3 is 9.73 Å². The molecule has 0 saturated carbocycles. The summed E-state index contributed by atoms with van der Waals surface area (Å²) < 4.78 is 6.20. The molecule has 0 amide bonds. The smallest absolute Gasteiger partial charge is 0.159 e. The maximum absolute atomic E-state index is 6.20. The molecule has 0 radical (unpaired) electrons. The molecule has 1 aliphatic rings. The third kappa shape index (κ3) is 4.47. The second kappa shape index (κ2) is 10.3. The fourth-order valence-electron chi connectivity index (χ4n) is 6.41. The van der Waals surface area contributed by atoms with Crippen molar-refractivity contribution in [3.8, 4) is 11.1 Å². The van der Waals surface area contributed by atoms with Crippen molar-refractivity contribution in [1.29, 1.82) is 0 Å². The van der Waals surface area contributed by atoms with Crippen molar-refractivity contribution in [2.75, 3.05) is 0 Å². The average Bonchev–Trinajstić information content (AvgIpc) is 3.49. The molecular formula is C41H27N3O. The van der Waals surface area contributed by atoms with Crippen molar-refractivity contribution >= 4 is 55.2 Å². The number of rotatable bonds is 4. The molecule has 1 aromatic heterocycles. The standard InChI is InChI=1S/C41H27N3O/c1-2-9-28(10-3-1)39-42-40(44-41(43-39)32-21-23-36-35-12-6-7-13-37(35)45-38(36)25-32)29-17-14-26(15-18-29)30-20-22-34-31(24-30)19-16-27-8-4-5-11-33(27)34/h1-25,39H,(H,42,43,44). The van der Waals surface area contributed by atoms with E-state index in [1.807, 2.05) is 36.4 Å². The second-order valence-corrected chi connectivity index (χ2v) is 11.5. The maximum atomic E-state index is 6.20. The van der Waals surface area contributed by atoms with Gasteiger partial charge in [0.25, 0.3) is 0 Å². The Balaban J connectivity index is 1.09. The zero-order valence-corrected chi connectivity index (χ0v) is 24.3. The van der Waals surface area contributed by atoms with Gasteiger partial charge in [-0.3, -0.25) is 0 Å². The van der Waals surface area contributed by atoms with E-state index in [4.69, 9.17) is 14.4 Å². The van der Waals surface area contributed by atoms with Crippen molar-refractivity contribution in [2.45, 2.75) is 6.17 Å². The van der Waals surface area contributed by atoms with E-state index in [2.05, 4.69) is 121 Å². The molecule has 8 aromatic rings. The quantitative estimate of drug-likeness (QED) is 0.212. The van der Waals surface area contributed by atoms with Crippen LogP contribution in [0.3, 0.4) is 0 Å². The van der Waals surface area contributed by atoms with Gasteiger partial charge in [-0.05, 0) is 62.5 Å². The first-order valence-corrected chi connectivity index (χ1v) is 15.2. The number of hydrogen-bond acceptors (Lipinski definition) is 4. The first-order valence-electron chi connectivity index (χ1n) is 15.2. The molecule has 1 atom stereocenters. The van der Waals surface area contributed by atoms with Crippen LogP contribution in [0.2, 0.25) is 0 Å². The number of fused-ring (bicyclic) bond motifs is 6. The molecule has 1 aliphatic heterocycles. The minimum Gasteiger partial charge on any atom is -0.456 e. The molecule has 1 unspecified atom stereocenters. The number of nitrogens with one attached hydrogen (secondary N) is 1. The molecule has 4 nitrogen and oxygen atoms in total. The highest BCUT2D eigenvalue weighted by atomic mass is 16.3. The van der Waals surface area contributed by atoms with Gasteiger partial charge in [0.2, 0.25) is 0 Å². The molecule has 9 rings (SSSR count). The van der Waals surface area contributed by atoms with E-state index in [9.17, 15) is 0 Å². The number of benzene rings is 7. The first-order chi connectivity index (χ1) is 22.3. The molecule has 2 heterocycles. The van der Waals surface area contributed by atoms with Gasteiger partial charge in [0.1, 0.15) is 23.2 Å². The van der Waals surface area contributed by atoms with Crippen LogP contribution >= 0.6 is 0 Å². The molecule has 0 saturated heterocycles. The topological polar surface area (TPSA) is 49.9 Å². The fourth-order valence-corrected chi connectivity index (χ4v) is 6.41. The Hall–Kier alpha value is -6.00. The Morgan fingerprint density at radius 1 is 0.467 bits per heavy atom. The largest absolute Gasteiger partial charge is 0.456 e. The summed E-state index contributed by atoms with van der Waals surface area (Å²) in [5.41, 5.74) is 7.06. The normalized spacial score (nSPS) is 14.9. The molecule has 4 heteroatoms. The molecule has 212 valence electrons. The molecule has 7 aromatic carbocycles. The van der Waals surface area contributed by atoms with Gasteiger partial charge in [-0.25, -0.2) is 9.98 Å². The van der Waals surface area contributed by atoms with E-state index in [1.54, 1.807) is 0 Å². The van der Waals surface area contributed by atoms with Gasteiger partial charge in [-0.1, -0.05) is 127 Å². The second-order valence-electron chi connectivity index (χ2n) is 11.5. The van der Waals surface area contributed by atoms with Gasteiger partial charge in [0.05, 0.1) is 0 Å². The van der Waals surface area contributed by atoms with E-state index in [-0.39, 0.29) is 6.17 Å². The summed E-state index contributed by atoms with van der Waals surface area (Å²) in [5, 5.41) is 10.8. The Labute approximate surface area is 260 Å². The molecule has 0 fully saturated rings. The van der Waals surface area contributed by atoms with Crippen molar-refractivity contribution < 1.29 is 4.42 Å². The lowest BCUT2D eigenvalue weighted by atomic mass is 9.97. The zero-order chi connectivity index (χ0) is 29.7. The minimum absolute atomic E-state index is 0.268. The predicted octanol–water partition coefficient (Wildman–Crippen LogP) is 10.1. The lowest BCUT2D eigenvalue weighted by Crippen LogP contribution is -2.33. The molecule has 0 aliphatic carbocycles. The van der Waals surface area contributed by atoms with E-state index >= 15 is 0 Å². The predicted molar refractivity (Wildman–Crippen MR) is 186 cm³/mol. The number of furan rings is 1. The zero-order valence-electron chi connectivity index (χ0n) is 24.3. The van der Waals surface area contributed by atoms with Gasteiger partial charge in [0.15, 0.2) is 5.84 Å². The average molecular weight is 578 g/mol. The Kier molecular flexibility index (Phi) is 5.85. The van der Waals surface area contributed by atoms with Crippen LogP contribution in [0.1, 0.15) is 22.9 Å². The fraction of sp³-hybridized carbons (Fsp3) is 0.0244. The Bertz CT molecular complexity index is 2450. The van der Waals surface area contributed by atoms with Gasteiger partial charge in [0, 0.05) is 21.9 Å². The van der Waals surface area contributed by atoms with Crippen molar-refractivity contribution in [2.24, 2.45) is 9.98 Å². The van der Waals surface area contributed by atoms with Crippen LogP contribution in [0.25, 0.3) is 54.6 Å². The monoisotopic (exact) mass is 577 g/mol. The third-order valence-corrected chi connectivity index (χ3v) is 8.73. The number of hydrogen-bond donors (Lipinski definition) is 1. The van der Waals surface area contributed by atoms with E-state index in [0.717, 1.165) is 50.0 Å². The van der Waals surface area contributed by atoms with Gasteiger partial charge in [-0.2, -0.15) is 0 Å². The minimum atomic E-state index is -0.268. The van der Waals surface area contributed by atoms with Crippen molar-refractivity contribution in [1.82, 2.24) is 5.32 Å². The third-order valence-electron chi connectivity index (χ3n) is 8.73. The van der Waals surface area contributed by atoms with Crippen LogP contribution in [-0.4, -0.2) is 11.7 Å². The number of nitrogens with zero attached hydrogens (tertiary/aromatic N) is 2. The Morgan fingerprint density at radius 2 is 1.11 bits per heavy atom. The highest BCUT2D eigenvalue weighted by Crippen LogP contribution is 2.32. The SMILES string of the molecule is c1ccc(C2N=C(c3ccc(-c4ccc5c(ccc6ccccc65)c4)cc3)N=C(c3ccc4c(c3)oc3ccccc34)N2)cc1. The summed E-state index contributed by atoms with van der Waals surface area (Å²) >= 11 is 0. The van der Waals surface area contributed by atoms with Crippen LogP contribution in [0.4, 0.5) is 0 Å². The summed E-state index contributed by atoms with van der Waals surface area (Å²) in [7, 11) is 0. The van der Waals surface area contributed by atoms with E-state index < -0.39 is 0 Å². The van der Waals surface area contributed by atoms with Crippen LogP contribution in [-0.2, 0) is 0 Å². The van der Waals surface area contributed by atoms with E-state index in [1.165, 1.54) is 27.1 Å². The van der Waals surface area contributed by atoms with Gasteiger partial charge >= 0.3 is 0 Å². The maximum Gasteiger partial charge on any atom is 0.159 e. The lowest BCUT2D eigenvalue weighted by molar-refractivity contribution is 0.666. The first kappa shape index (κ1) is 25.5. The summed E-state index contributed by atoms with van der Waals surface area (Å²) in [5.74, 6) is 1.46. The van der Waals surface area contributed by atoms with Crippen LogP contribution in [0, 0.1) is 0 Å². The summed E-state index contributed by atoms with van der Waals surface area (Å²) in [4.78, 5) is 10.1. The van der Waals surface area contributed by atoms with Crippen molar-refractivity contribution in [3.63, 3.8) is 0 Å². The van der Waals surface area contributed by atoms with Crippen LogP contribution in [0.5, 0.6) is 0 Å². The summed E-state index contributed by atoms with van der Waals surface area (Å²) in [6.45, 7) is 0. The lowest BCUT2D eigenvalue weighted by Gasteiger charge is -2.23. The van der Waals surface area contributed by atoms with Crippen molar-refractivity contribution in [3.05, 3.63) is 168 Å². The molecular weight excluding hydrogens is 550 g/mol. The molecule has 45 heavy (non-hydrogen) atoms. The molecule has 1 N–H and O–H groups in total. The Morgan fingerprint density at radius 3 is 2.00 bits per heavy atom. The van der Waals surface area contributed by atoms with E-state index in [0.29, 0.717) is 5.84 Å². The summed E-state index contributed by atoms with van der Waals surface area (Å²) in [6, 6.07) is 53.0. The number of para-hydroxylation sites is 1. The summed E-state index contributed by atoms with van der Waals surface area (Å²) in [6.07, 6.45) is -0.268. The number of amidine groups is 2. The van der Waals surface area contributed by atoms with Crippen LogP contribution in [0.15, 0.2) is 166 Å².